The van der Waals surface area contributed by atoms with Crippen molar-refractivity contribution in [3.63, 3.8) is 0 Å². The Morgan fingerprint density at radius 1 is 0.793 bits per heavy atom. The second kappa shape index (κ2) is 9.36. The lowest BCUT2D eigenvalue weighted by Crippen LogP contribution is -2.30. The van der Waals surface area contributed by atoms with E-state index in [1.54, 1.807) is 24.3 Å². The van der Waals surface area contributed by atoms with Crippen LogP contribution in [-0.4, -0.2) is 34.7 Å². The molecule has 4 heteroatoms. The molecular weight excluding hydrogens is 362 g/mol. The zero-order chi connectivity index (χ0) is 20.1. The molecule has 1 aromatic heterocycles. The maximum absolute atomic E-state index is 9.82. The highest BCUT2D eigenvalue weighted by Gasteiger charge is 2.16. The molecule has 0 amide bonds. The van der Waals surface area contributed by atoms with E-state index in [-0.39, 0.29) is 11.5 Å². The number of nitrogens with zero attached hydrogens (tertiary/aromatic N) is 1. The fourth-order valence-electron chi connectivity index (χ4n) is 4.41. The third kappa shape index (κ3) is 4.94. The van der Waals surface area contributed by atoms with Crippen LogP contribution < -0.4 is 0 Å². The lowest BCUT2D eigenvalue weighted by atomic mass is 9.99. The molecular formula is C25H31NO3. The second-order valence-corrected chi connectivity index (χ2v) is 8.20. The summed E-state index contributed by atoms with van der Waals surface area (Å²) in [5.74, 6) is 1.31. The molecule has 0 unspecified atom stereocenters. The van der Waals surface area contributed by atoms with E-state index in [4.69, 9.17) is 4.42 Å². The Labute approximate surface area is 172 Å². The monoisotopic (exact) mass is 393 g/mol. The largest absolute Gasteiger partial charge is 0.508 e. The zero-order valence-corrected chi connectivity index (χ0v) is 17.1. The maximum atomic E-state index is 9.82. The molecule has 2 N–H and O–H groups in total. The summed E-state index contributed by atoms with van der Waals surface area (Å²) in [5, 5.41) is 20.5. The van der Waals surface area contributed by atoms with Crippen molar-refractivity contribution in [1.29, 1.82) is 0 Å². The van der Waals surface area contributed by atoms with Crippen molar-refractivity contribution < 1.29 is 14.6 Å². The van der Waals surface area contributed by atoms with Gasteiger partial charge in [-0.15, -0.1) is 0 Å². The molecule has 4 nitrogen and oxygen atoms in total. The number of phenols is 2. The number of furan rings is 1. The summed E-state index contributed by atoms with van der Waals surface area (Å²) in [5.41, 5.74) is 2.87. The van der Waals surface area contributed by atoms with E-state index in [2.05, 4.69) is 4.90 Å². The number of rotatable bonds is 8. The average molecular weight is 394 g/mol. The molecule has 2 aromatic carbocycles. The first-order chi connectivity index (χ1) is 14.2. The summed E-state index contributed by atoms with van der Waals surface area (Å²) < 4.78 is 6.12. The number of hydrogen-bond acceptors (Lipinski definition) is 4. The van der Waals surface area contributed by atoms with Crippen LogP contribution in [-0.2, 0) is 6.42 Å². The lowest BCUT2D eigenvalue weighted by molar-refractivity contribution is 0.224. The molecule has 1 saturated heterocycles. The van der Waals surface area contributed by atoms with Gasteiger partial charge in [-0.05, 0) is 88.1 Å². The van der Waals surface area contributed by atoms with Crippen molar-refractivity contribution in [3.8, 4) is 22.8 Å². The average Bonchev–Trinajstić information content (AvgIpc) is 3.09. The van der Waals surface area contributed by atoms with Crippen LogP contribution in [0.25, 0.3) is 22.3 Å². The van der Waals surface area contributed by atoms with E-state index in [9.17, 15) is 10.2 Å². The van der Waals surface area contributed by atoms with Crippen molar-refractivity contribution >= 4 is 11.0 Å². The number of piperidine rings is 1. The number of hydrogen-bond donors (Lipinski definition) is 2. The van der Waals surface area contributed by atoms with Crippen LogP contribution in [0.1, 0.15) is 50.5 Å². The first-order valence-corrected chi connectivity index (χ1v) is 11.0. The van der Waals surface area contributed by atoms with Gasteiger partial charge in [0.1, 0.15) is 22.8 Å². The summed E-state index contributed by atoms with van der Waals surface area (Å²) in [6.45, 7) is 3.81. The van der Waals surface area contributed by atoms with Crippen LogP contribution in [0.5, 0.6) is 11.5 Å². The SMILES string of the molecule is Oc1ccc(-c2oc3cc(O)ccc3c2CCCCCCN2CCCCC2)cc1. The topological polar surface area (TPSA) is 56.8 Å². The molecule has 29 heavy (non-hydrogen) atoms. The van der Waals surface area contributed by atoms with Gasteiger partial charge >= 0.3 is 0 Å². The number of benzene rings is 2. The Morgan fingerprint density at radius 2 is 1.52 bits per heavy atom. The fraction of sp³-hybridized carbons (Fsp3) is 0.440. The Kier molecular flexibility index (Phi) is 6.40. The molecule has 0 bridgehead atoms. The van der Waals surface area contributed by atoms with Crippen LogP contribution in [0.15, 0.2) is 46.9 Å². The van der Waals surface area contributed by atoms with Crippen LogP contribution >= 0.6 is 0 Å². The molecule has 2 heterocycles. The maximum Gasteiger partial charge on any atom is 0.138 e. The Balaban J connectivity index is 1.40. The van der Waals surface area contributed by atoms with Gasteiger partial charge < -0.3 is 19.5 Å². The highest BCUT2D eigenvalue weighted by Crippen LogP contribution is 2.36. The standard InChI is InChI=1S/C25H31NO3/c27-20-11-9-19(10-12-20)25-23(22-14-13-21(28)18-24(22)29-25)8-4-1-2-5-15-26-16-6-3-7-17-26/h9-14,18,27-28H,1-8,15-17H2. The minimum atomic E-state index is 0.216. The predicted molar refractivity (Wildman–Crippen MR) is 117 cm³/mol. The van der Waals surface area contributed by atoms with Crippen molar-refractivity contribution in [2.24, 2.45) is 0 Å². The number of fused-ring (bicyclic) bond motifs is 1. The fourth-order valence-corrected chi connectivity index (χ4v) is 4.41. The highest BCUT2D eigenvalue weighted by atomic mass is 16.3. The molecule has 4 rings (SSSR count). The Hall–Kier alpha value is -2.46. The minimum Gasteiger partial charge on any atom is -0.508 e. The summed E-state index contributed by atoms with van der Waals surface area (Å²) in [4.78, 5) is 2.61. The molecule has 1 aliphatic rings. The van der Waals surface area contributed by atoms with Gasteiger partial charge in [0.15, 0.2) is 0 Å². The van der Waals surface area contributed by atoms with Crippen molar-refractivity contribution in [2.75, 3.05) is 19.6 Å². The zero-order valence-electron chi connectivity index (χ0n) is 17.1. The molecule has 3 aromatic rings. The summed E-state index contributed by atoms with van der Waals surface area (Å²) >= 11 is 0. The van der Waals surface area contributed by atoms with Gasteiger partial charge in [-0.25, -0.2) is 0 Å². The van der Waals surface area contributed by atoms with E-state index in [1.165, 1.54) is 63.7 Å². The molecule has 0 aliphatic carbocycles. The first kappa shape index (κ1) is 19.8. The molecule has 0 saturated carbocycles. The van der Waals surface area contributed by atoms with Gasteiger partial charge in [0.05, 0.1) is 0 Å². The van der Waals surface area contributed by atoms with Gasteiger partial charge in [0, 0.05) is 22.6 Å². The van der Waals surface area contributed by atoms with Crippen LogP contribution in [0.3, 0.4) is 0 Å². The molecule has 0 spiro atoms. The number of aromatic hydroxyl groups is 2. The smallest absolute Gasteiger partial charge is 0.138 e. The number of aryl methyl sites for hydroxylation is 1. The van der Waals surface area contributed by atoms with Crippen LogP contribution in [0.4, 0.5) is 0 Å². The quantitative estimate of drug-likeness (QED) is 0.454. The van der Waals surface area contributed by atoms with E-state index in [1.807, 2.05) is 18.2 Å². The molecule has 1 fully saturated rings. The van der Waals surface area contributed by atoms with Gasteiger partial charge in [-0.1, -0.05) is 19.3 Å². The first-order valence-electron chi connectivity index (χ1n) is 11.0. The third-order valence-electron chi connectivity index (χ3n) is 6.01. The minimum absolute atomic E-state index is 0.216. The Morgan fingerprint density at radius 3 is 2.31 bits per heavy atom. The number of likely N-dealkylation sites (tertiary alicyclic amines) is 1. The normalized spacial score (nSPS) is 15.2. The van der Waals surface area contributed by atoms with E-state index in [0.717, 1.165) is 29.6 Å². The van der Waals surface area contributed by atoms with Crippen molar-refractivity contribution in [2.45, 2.75) is 51.4 Å². The van der Waals surface area contributed by atoms with Gasteiger partial charge in [-0.2, -0.15) is 0 Å². The summed E-state index contributed by atoms with van der Waals surface area (Å²) in [7, 11) is 0. The molecule has 0 atom stereocenters. The van der Waals surface area contributed by atoms with E-state index in [0.29, 0.717) is 5.58 Å². The van der Waals surface area contributed by atoms with E-state index < -0.39 is 0 Å². The predicted octanol–water partition coefficient (Wildman–Crippen LogP) is 6.10. The summed E-state index contributed by atoms with van der Waals surface area (Å²) in [6, 6.07) is 12.5. The van der Waals surface area contributed by atoms with Gasteiger partial charge in [0.2, 0.25) is 0 Å². The molecule has 0 radical (unpaired) electrons. The van der Waals surface area contributed by atoms with Gasteiger partial charge in [0.25, 0.3) is 0 Å². The van der Waals surface area contributed by atoms with Crippen LogP contribution in [0.2, 0.25) is 0 Å². The number of unbranched alkanes of at least 4 members (excludes halogenated alkanes) is 3. The lowest BCUT2D eigenvalue weighted by Gasteiger charge is -2.26. The number of phenolic OH excluding ortho intramolecular Hbond substituents is 2. The van der Waals surface area contributed by atoms with Gasteiger partial charge in [-0.3, -0.25) is 0 Å². The highest BCUT2D eigenvalue weighted by molar-refractivity contribution is 5.88. The van der Waals surface area contributed by atoms with Crippen molar-refractivity contribution in [1.82, 2.24) is 4.90 Å². The van der Waals surface area contributed by atoms with Crippen molar-refractivity contribution in [3.05, 3.63) is 48.0 Å². The third-order valence-corrected chi connectivity index (χ3v) is 6.01. The summed E-state index contributed by atoms with van der Waals surface area (Å²) in [6.07, 6.45) is 9.97. The Bertz CT molecular complexity index is 923. The molecule has 154 valence electrons. The van der Waals surface area contributed by atoms with Crippen LogP contribution in [0, 0.1) is 0 Å². The second-order valence-electron chi connectivity index (χ2n) is 8.20. The van der Waals surface area contributed by atoms with E-state index >= 15 is 0 Å². The molecule has 1 aliphatic heterocycles.